The Labute approximate surface area is 211 Å². The number of para-hydroxylation sites is 1. The van der Waals surface area contributed by atoms with Crippen LogP contribution in [0.2, 0.25) is 0 Å². The average Bonchev–Trinajstić information content (AvgIpc) is 3.02. The number of nitrogens with zero attached hydrogens (tertiary/aromatic N) is 1. The molecule has 1 fully saturated rings. The number of hydrogen-bond acceptors (Lipinski definition) is 11. The van der Waals surface area contributed by atoms with E-state index in [1.165, 1.54) is 31.3 Å². The molecule has 0 spiro atoms. The minimum Gasteiger partial charge on any atom is -0.462 e. The first-order chi connectivity index (χ1) is 16.8. The SMILES string of the molecule is CC(C)OC(=O)[C@H](C)NP(=O)(OC[C@@]1(N)OC(n2ccc(=S)[nH]c2=O)C(O)C1O)Oc1ccccc1. The van der Waals surface area contributed by atoms with Crippen LogP contribution in [0.15, 0.2) is 47.4 Å². The number of nitrogens with one attached hydrogen (secondary N) is 2. The van der Waals surface area contributed by atoms with Crippen molar-refractivity contribution in [2.75, 3.05) is 6.61 Å². The number of aromatic nitrogens is 2. The van der Waals surface area contributed by atoms with Gasteiger partial charge in [-0.3, -0.25) is 24.6 Å². The Morgan fingerprint density at radius 2 is 1.97 bits per heavy atom. The number of carbonyl (C=O) groups excluding carboxylic acids is 1. The normalized spacial score (nSPS) is 26.4. The number of nitrogens with two attached hydrogens (primary N) is 1. The van der Waals surface area contributed by atoms with Crippen molar-refractivity contribution in [3.63, 3.8) is 0 Å². The van der Waals surface area contributed by atoms with E-state index in [9.17, 15) is 24.4 Å². The zero-order chi connectivity index (χ0) is 26.7. The summed E-state index contributed by atoms with van der Waals surface area (Å²) in [6.07, 6.45) is -3.97. The number of aliphatic hydroxyl groups is 2. The third-order valence-electron chi connectivity index (χ3n) is 5.07. The van der Waals surface area contributed by atoms with Crippen LogP contribution in [0, 0.1) is 4.64 Å². The highest BCUT2D eigenvalue weighted by Crippen LogP contribution is 2.47. The molecule has 0 saturated carbocycles. The number of H-pyrrole nitrogens is 1. The van der Waals surface area contributed by atoms with Crippen LogP contribution in [-0.4, -0.2) is 62.4 Å². The van der Waals surface area contributed by atoms with Crippen molar-refractivity contribution >= 4 is 25.9 Å². The third-order valence-corrected chi connectivity index (χ3v) is 6.93. The van der Waals surface area contributed by atoms with Gasteiger partial charge >= 0.3 is 19.4 Å². The van der Waals surface area contributed by atoms with Crippen molar-refractivity contribution in [1.82, 2.24) is 14.6 Å². The Morgan fingerprint density at radius 3 is 2.58 bits per heavy atom. The number of carbonyl (C=O) groups is 1. The lowest BCUT2D eigenvalue weighted by Gasteiger charge is -2.30. The maximum atomic E-state index is 13.6. The van der Waals surface area contributed by atoms with E-state index < -0.39 is 62.3 Å². The molecule has 1 aromatic heterocycles. The van der Waals surface area contributed by atoms with Crippen molar-refractivity contribution in [2.24, 2.45) is 5.73 Å². The molecule has 0 aliphatic carbocycles. The zero-order valence-corrected chi connectivity index (χ0v) is 21.5. The first kappa shape index (κ1) is 28.2. The molecule has 1 aliphatic heterocycles. The van der Waals surface area contributed by atoms with Gasteiger partial charge in [-0.15, -0.1) is 0 Å². The number of ether oxygens (including phenoxy) is 2. The van der Waals surface area contributed by atoms with Gasteiger partial charge in [-0.05, 0) is 39.0 Å². The molecule has 13 nitrogen and oxygen atoms in total. The average molecular weight is 545 g/mol. The van der Waals surface area contributed by atoms with Crippen molar-refractivity contribution in [3.05, 3.63) is 57.7 Å². The lowest BCUT2D eigenvalue weighted by Crippen LogP contribution is -2.54. The fraction of sp³-hybridized carbons (Fsp3) is 0.476. The molecule has 0 bridgehead atoms. The topological polar surface area (TPSA) is 187 Å². The van der Waals surface area contributed by atoms with Gasteiger partial charge in [0.25, 0.3) is 0 Å². The molecule has 1 aliphatic rings. The summed E-state index contributed by atoms with van der Waals surface area (Å²) in [6.45, 7) is 3.96. The van der Waals surface area contributed by atoms with Crippen molar-refractivity contribution in [1.29, 1.82) is 0 Å². The molecule has 198 valence electrons. The summed E-state index contributed by atoms with van der Waals surface area (Å²) in [4.78, 5) is 26.9. The van der Waals surface area contributed by atoms with Crippen LogP contribution in [0.1, 0.15) is 27.0 Å². The van der Waals surface area contributed by atoms with Gasteiger partial charge in [-0.1, -0.05) is 30.4 Å². The summed E-state index contributed by atoms with van der Waals surface area (Å²) in [5.74, 6) is -0.554. The second-order valence-electron chi connectivity index (χ2n) is 8.43. The predicted octanol–water partition coefficient (Wildman–Crippen LogP) is 0.945. The first-order valence-electron chi connectivity index (χ1n) is 11.0. The largest absolute Gasteiger partial charge is 0.462 e. The van der Waals surface area contributed by atoms with E-state index in [-0.39, 0.29) is 10.4 Å². The molecule has 15 heteroatoms. The Kier molecular flexibility index (Phi) is 8.85. The van der Waals surface area contributed by atoms with Gasteiger partial charge in [-0.2, -0.15) is 5.09 Å². The Hall–Kier alpha value is -2.42. The van der Waals surface area contributed by atoms with Gasteiger partial charge in [0, 0.05) is 6.20 Å². The summed E-state index contributed by atoms with van der Waals surface area (Å²) in [6, 6.07) is 8.28. The number of benzene rings is 1. The number of rotatable bonds is 10. The van der Waals surface area contributed by atoms with E-state index in [0.717, 1.165) is 4.57 Å². The van der Waals surface area contributed by atoms with Crippen LogP contribution in [0.5, 0.6) is 5.75 Å². The Balaban J connectivity index is 1.81. The number of hydrogen-bond donors (Lipinski definition) is 5. The van der Waals surface area contributed by atoms with Crippen LogP contribution in [0.3, 0.4) is 0 Å². The van der Waals surface area contributed by atoms with Gasteiger partial charge in [0.15, 0.2) is 12.0 Å². The van der Waals surface area contributed by atoms with Crippen LogP contribution < -0.4 is 21.0 Å². The highest BCUT2D eigenvalue weighted by molar-refractivity contribution is 7.71. The number of esters is 1. The molecule has 0 radical (unpaired) electrons. The zero-order valence-electron chi connectivity index (χ0n) is 19.8. The maximum Gasteiger partial charge on any atom is 0.459 e. The van der Waals surface area contributed by atoms with Crippen LogP contribution in [0.25, 0.3) is 0 Å². The van der Waals surface area contributed by atoms with Gasteiger partial charge in [-0.25, -0.2) is 9.36 Å². The number of aromatic amines is 1. The third kappa shape index (κ3) is 6.66. The first-order valence-corrected chi connectivity index (χ1v) is 12.9. The van der Waals surface area contributed by atoms with Gasteiger partial charge < -0.3 is 24.2 Å². The molecule has 1 saturated heterocycles. The molecule has 4 unspecified atom stereocenters. The molecular weight excluding hydrogens is 515 g/mol. The van der Waals surface area contributed by atoms with E-state index >= 15 is 0 Å². The van der Waals surface area contributed by atoms with Crippen LogP contribution in [0.4, 0.5) is 0 Å². The molecule has 0 amide bonds. The maximum absolute atomic E-state index is 13.6. The fourth-order valence-electron chi connectivity index (χ4n) is 3.30. The number of aliphatic hydroxyl groups excluding tert-OH is 2. The lowest BCUT2D eigenvalue weighted by atomic mass is 10.1. The van der Waals surface area contributed by atoms with Crippen molar-refractivity contribution in [2.45, 2.75) is 57.1 Å². The van der Waals surface area contributed by atoms with Crippen molar-refractivity contribution in [3.8, 4) is 5.75 Å². The molecule has 2 heterocycles. The summed E-state index contributed by atoms with van der Waals surface area (Å²) >= 11 is 4.89. The van der Waals surface area contributed by atoms with Crippen molar-refractivity contribution < 1.29 is 38.1 Å². The Bertz CT molecular complexity index is 1220. The molecule has 2 aromatic rings. The van der Waals surface area contributed by atoms with Crippen LogP contribution >= 0.6 is 20.0 Å². The summed E-state index contributed by atoms with van der Waals surface area (Å²) in [7, 11) is -4.34. The highest BCUT2D eigenvalue weighted by Gasteiger charge is 2.54. The minimum atomic E-state index is -4.34. The second-order valence-corrected chi connectivity index (χ2v) is 10.6. The van der Waals surface area contributed by atoms with Gasteiger partial charge in [0.1, 0.15) is 35.2 Å². The van der Waals surface area contributed by atoms with E-state index in [0.29, 0.717) is 0 Å². The smallest absolute Gasteiger partial charge is 0.459 e. The monoisotopic (exact) mass is 544 g/mol. The molecule has 6 N–H and O–H groups in total. The molecule has 1 aromatic carbocycles. The quantitative estimate of drug-likeness (QED) is 0.162. The van der Waals surface area contributed by atoms with E-state index in [4.69, 9.17) is 36.5 Å². The Morgan fingerprint density at radius 1 is 1.31 bits per heavy atom. The second kappa shape index (κ2) is 11.3. The van der Waals surface area contributed by atoms with E-state index in [1.807, 2.05) is 0 Å². The van der Waals surface area contributed by atoms with Gasteiger partial charge in [0.2, 0.25) is 0 Å². The predicted molar refractivity (Wildman–Crippen MR) is 129 cm³/mol. The summed E-state index contributed by atoms with van der Waals surface area (Å²) < 4.78 is 36.5. The van der Waals surface area contributed by atoms with Gasteiger partial charge in [0.05, 0.1) is 6.10 Å². The minimum absolute atomic E-state index is 0.153. The fourth-order valence-corrected chi connectivity index (χ4v) is 4.98. The summed E-state index contributed by atoms with van der Waals surface area (Å²) in [5, 5.41) is 23.6. The van der Waals surface area contributed by atoms with E-state index in [1.54, 1.807) is 32.0 Å². The molecule has 36 heavy (non-hydrogen) atoms. The standard InChI is InChI=1S/C21H29N4O9PS/c1-12(2)32-19(28)13(3)24-35(30,34-14-7-5-4-6-8-14)31-11-21(22)17(27)16(26)18(33-21)25-10-9-15(36)23-20(25)29/h4-10,12-13,16-18,26-27H,11,22H2,1-3H3,(H,24,30)(H,23,29,36)/t13-,16?,17?,18?,21+,35?/m0/s1. The lowest BCUT2D eigenvalue weighted by molar-refractivity contribution is -0.149. The highest BCUT2D eigenvalue weighted by atomic mass is 32.1. The van der Waals surface area contributed by atoms with Crippen LogP contribution in [-0.2, 0) is 23.4 Å². The molecule has 3 rings (SSSR count). The van der Waals surface area contributed by atoms with E-state index in [2.05, 4.69) is 10.1 Å². The summed E-state index contributed by atoms with van der Waals surface area (Å²) in [5.41, 5.74) is 3.34. The molecular formula is C21H29N4O9PS. The molecule has 6 atom stereocenters.